The van der Waals surface area contributed by atoms with Crippen molar-refractivity contribution in [1.29, 1.82) is 0 Å². The molecule has 2 heterocycles. The second kappa shape index (κ2) is 5.81. The van der Waals surface area contributed by atoms with Crippen molar-refractivity contribution >= 4 is 11.5 Å². The fourth-order valence-electron chi connectivity index (χ4n) is 1.80. The number of anilines is 1. The average molecular weight is 267 g/mol. The van der Waals surface area contributed by atoms with E-state index >= 15 is 0 Å². The Balaban J connectivity index is 2.15. The van der Waals surface area contributed by atoms with Crippen LogP contribution in [0.2, 0.25) is 0 Å². The fraction of sp³-hybridized carbons (Fsp3) is 0.545. The lowest BCUT2D eigenvalue weighted by Gasteiger charge is -2.15. The van der Waals surface area contributed by atoms with E-state index < -0.39 is 0 Å². The minimum absolute atomic E-state index is 0.0651. The molecule has 0 saturated heterocycles. The van der Waals surface area contributed by atoms with Crippen LogP contribution in [0.3, 0.4) is 0 Å². The van der Waals surface area contributed by atoms with Gasteiger partial charge in [-0.15, -0.1) is 0 Å². The standard InChI is InChI=1S/C11H17N5O3/c1-7-13-9(12-5-8(19-3)6-18-2)4-10-14-15-11(17)16(7)10/h4,8,12H,5-6H2,1-3H3,(H,15,17). The number of aromatic amines is 1. The topological polar surface area (TPSA) is 93.5 Å². The molecular formula is C11H17N5O3. The van der Waals surface area contributed by atoms with Gasteiger partial charge in [-0.05, 0) is 6.92 Å². The maximum Gasteiger partial charge on any atom is 0.349 e. The van der Waals surface area contributed by atoms with Crippen molar-refractivity contribution in [3.8, 4) is 0 Å². The van der Waals surface area contributed by atoms with Gasteiger partial charge in [0.2, 0.25) is 0 Å². The molecule has 104 valence electrons. The first-order valence-electron chi connectivity index (χ1n) is 5.86. The van der Waals surface area contributed by atoms with Gasteiger partial charge in [0.15, 0.2) is 5.65 Å². The highest BCUT2D eigenvalue weighted by Crippen LogP contribution is 2.08. The number of rotatable bonds is 6. The van der Waals surface area contributed by atoms with Crippen LogP contribution in [0, 0.1) is 6.92 Å². The maximum absolute atomic E-state index is 11.5. The number of fused-ring (bicyclic) bond motifs is 1. The summed E-state index contributed by atoms with van der Waals surface area (Å²) >= 11 is 0. The van der Waals surface area contributed by atoms with E-state index in [0.717, 1.165) is 0 Å². The summed E-state index contributed by atoms with van der Waals surface area (Å²) in [5, 5.41) is 9.44. The number of hydrogen-bond donors (Lipinski definition) is 2. The number of nitrogens with one attached hydrogen (secondary N) is 2. The summed E-state index contributed by atoms with van der Waals surface area (Å²) in [6.45, 7) is 2.80. The largest absolute Gasteiger partial charge is 0.382 e. The van der Waals surface area contributed by atoms with E-state index in [9.17, 15) is 4.79 Å². The van der Waals surface area contributed by atoms with Crippen molar-refractivity contribution in [2.24, 2.45) is 0 Å². The third-order valence-corrected chi connectivity index (χ3v) is 2.77. The van der Waals surface area contributed by atoms with Gasteiger partial charge in [-0.2, -0.15) is 5.10 Å². The average Bonchev–Trinajstić information content (AvgIpc) is 2.76. The molecule has 0 fully saturated rings. The number of hydrogen-bond acceptors (Lipinski definition) is 6. The number of methoxy groups -OCH3 is 2. The van der Waals surface area contributed by atoms with E-state index in [1.165, 1.54) is 4.40 Å². The Morgan fingerprint density at radius 3 is 3.00 bits per heavy atom. The Morgan fingerprint density at radius 2 is 2.32 bits per heavy atom. The monoisotopic (exact) mass is 267 g/mol. The Hall–Kier alpha value is -1.93. The third-order valence-electron chi connectivity index (χ3n) is 2.77. The molecule has 2 aromatic rings. The van der Waals surface area contributed by atoms with Crippen molar-refractivity contribution in [3.05, 3.63) is 22.4 Å². The number of aryl methyl sites for hydroxylation is 1. The van der Waals surface area contributed by atoms with Crippen molar-refractivity contribution in [2.45, 2.75) is 13.0 Å². The van der Waals surface area contributed by atoms with Crippen LogP contribution >= 0.6 is 0 Å². The molecule has 8 nitrogen and oxygen atoms in total. The summed E-state index contributed by atoms with van der Waals surface area (Å²) in [4.78, 5) is 15.8. The lowest BCUT2D eigenvalue weighted by Crippen LogP contribution is -2.27. The third kappa shape index (κ3) is 2.91. The van der Waals surface area contributed by atoms with Crippen LogP contribution in [0.15, 0.2) is 10.9 Å². The number of nitrogens with zero attached hydrogens (tertiary/aromatic N) is 3. The number of H-pyrrole nitrogens is 1. The van der Waals surface area contributed by atoms with Crippen molar-refractivity contribution in [3.63, 3.8) is 0 Å². The zero-order valence-electron chi connectivity index (χ0n) is 11.1. The van der Waals surface area contributed by atoms with Crippen LogP contribution in [-0.4, -0.2) is 53.1 Å². The second-order valence-electron chi connectivity index (χ2n) is 4.10. The van der Waals surface area contributed by atoms with E-state index in [4.69, 9.17) is 9.47 Å². The molecule has 0 aromatic carbocycles. The van der Waals surface area contributed by atoms with Gasteiger partial charge >= 0.3 is 5.69 Å². The summed E-state index contributed by atoms with van der Waals surface area (Å²) in [5.74, 6) is 1.21. The van der Waals surface area contributed by atoms with Gasteiger partial charge in [-0.1, -0.05) is 0 Å². The second-order valence-corrected chi connectivity index (χ2v) is 4.10. The Bertz CT molecular complexity index is 606. The summed E-state index contributed by atoms with van der Waals surface area (Å²) in [6, 6.07) is 1.70. The Labute approximate surface area is 109 Å². The van der Waals surface area contributed by atoms with Gasteiger partial charge in [-0.3, -0.25) is 0 Å². The molecule has 0 aliphatic heterocycles. The SMILES string of the molecule is COCC(CNc1cc2n[nH]c(=O)n2c(C)n1)OC. The molecule has 2 N–H and O–H groups in total. The van der Waals surface area contributed by atoms with E-state index in [1.54, 1.807) is 27.2 Å². The summed E-state index contributed by atoms with van der Waals surface area (Å²) in [6.07, 6.45) is -0.0651. The summed E-state index contributed by atoms with van der Waals surface area (Å²) in [5.41, 5.74) is 0.237. The predicted molar refractivity (Wildman–Crippen MR) is 69.5 cm³/mol. The molecule has 19 heavy (non-hydrogen) atoms. The maximum atomic E-state index is 11.5. The zero-order valence-corrected chi connectivity index (χ0v) is 11.1. The molecule has 2 rings (SSSR count). The highest BCUT2D eigenvalue weighted by atomic mass is 16.5. The van der Waals surface area contributed by atoms with Gasteiger partial charge in [0.1, 0.15) is 11.6 Å². The van der Waals surface area contributed by atoms with Crippen molar-refractivity contribution in [1.82, 2.24) is 19.6 Å². The Kier molecular flexibility index (Phi) is 4.13. The van der Waals surface area contributed by atoms with E-state index in [-0.39, 0.29) is 11.8 Å². The minimum atomic E-state index is -0.291. The molecule has 0 aliphatic carbocycles. The predicted octanol–water partition coefficient (Wildman–Crippen LogP) is -0.201. The van der Waals surface area contributed by atoms with E-state index in [2.05, 4.69) is 20.5 Å². The fourth-order valence-corrected chi connectivity index (χ4v) is 1.80. The van der Waals surface area contributed by atoms with Gasteiger partial charge in [0.05, 0.1) is 12.7 Å². The first kappa shape index (κ1) is 13.5. The molecule has 1 unspecified atom stereocenters. The first-order valence-corrected chi connectivity index (χ1v) is 5.86. The van der Waals surface area contributed by atoms with Crippen LogP contribution in [0.25, 0.3) is 5.65 Å². The molecule has 0 spiro atoms. The highest BCUT2D eigenvalue weighted by Gasteiger charge is 2.09. The molecule has 8 heteroatoms. The van der Waals surface area contributed by atoms with E-state index in [1.807, 2.05) is 0 Å². The molecule has 0 amide bonds. The lowest BCUT2D eigenvalue weighted by molar-refractivity contribution is 0.0365. The quantitative estimate of drug-likeness (QED) is 0.753. The normalized spacial score (nSPS) is 12.8. The van der Waals surface area contributed by atoms with Crippen molar-refractivity contribution in [2.75, 3.05) is 32.7 Å². The summed E-state index contributed by atoms with van der Waals surface area (Å²) < 4.78 is 11.7. The minimum Gasteiger partial charge on any atom is -0.382 e. The van der Waals surface area contributed by atoms with Gasteiger partial charge < -0.3 is 14.8 Å². The van der Waals surface area contributed by atoms with Gasteiger partial charge in [-0.25, -0.2) is 19.3 Å². The molecule has 1 atom stereocenters. The highest BCUT2D eigenvalue weighted by molar-refractivity contribution is 5.49. The zero-order chi connectivity index (χ0) is 13.8. The molecule has 0 bridgehead atoms. The van der Waals surface area contributed by atoms with Crippen LogP contribution in [0.5, 0.6) is 0 Å². The van der Waals surface area contributed by atoms with Crippen molar-refractivity contribution < 1.29 is 9.47 Å². The molecule has 0 radical (unpaired) electrons. The van der Waals surface area contributed by atoms with Crippen LogP contribution in [0.4, 0.5) is 5.82 Å². The van der Waals surface area contributed by atoms with Crippen LogP contribution < -0.4 is 11.0 Å². The summed E-state index contributed by atoms with van der Waals surface area (Å²) in [7, 11) is 3.25. The number of aromatic nitrogens is 4. The molecule has 2 aromatic heterocycles. The van der Waals surface area contributed by atoms with Crippen LogP contribution in [0.1, 0.15) is 5.82 Å². The van der Waals surface area contributed by atoms with Gasteiger partial charge in [0, 0.05) is 26.8 Å². The van der Waals surface area contributed by atoms with E-state index in [0.29, 0.717) is 30.4 Å². The lowest BCUT2D eigenvalue weighted by atomic mass is 10.3. The number of ether oxygens (including phenoxy) is 2. The van der Waals surface area contributed by atoms with Crippen LogP contribution in [-0.2, 0) is 9.47 Å². The van der Waals surface area contributed by atoms with Gasteiger partial charge in [0.25, 0.3) is 0 Å². The first-order chi connectivity index (χ1) is 9.15. The molecule has 0 aliphatic rings. The Morgan fingerprint density at radius 1 is 1.53 bits per heavy atom. The molecular weight excluding hydrogens is 250 g/mol. The molecule has 0 saturated carbocycles. The smallest absolute Gasteiger partial charge is 0.349 e.